The number of rotatable bonds is 1. The van der Waals surface area contributed by atoms with Crippen molar-refractivity contribution in [3.8, 4) is 0 Å². The van der Waals surface area contributed by atoms with Crippen LogP contribution in [0.2, 0.25) is 0 Å². The maximum atomic E-state index is 9.51. The molecule has 0 aliphatic heterocycles. The Kier molecular flexibility index (Phi) is 4.22. The monoisotopic (exact) mass is 220 g/mol. The van der Waals surface area contributed by atoms with Crippen LogP contribution in [0, 0.1) is 0 Å². The molecule has 0 saturated heterocycles. The van der Waals surface area contributed by atoms with Crippen LogP contribution in [0.5, 0.6) is 0 Å². The van der Waals surface area contributed by atoms with Crippen LogP contribution in [0.3, 0.4) is 0 Å². The van der Waals surface area contributed by atoms with Crippen molar-refractivity contribution in [3.63, 3.8) is 0 Å². The van der Waals surface area contributed by atoms with Gasteiger partial charge in [-0.05, 0) is 0 Å². The van der Waals surface area contributed by atoms with Crippen molar-refractivity contribution in [3.05, 3.63) is 0 Å². The van der Waals surface area contributed by atoms with Crippen LogP contribution < -0.4 is 0 Å². The van der Waals surface area contributed by atoms with Crippen LogP contribution >= 0.6 is 6.80 Å². The summed E-state index contributed by atoms with van der Waals surface area (Å²) in [6.07, 6.45) is 0. The van der Waals surface area contributed by atoms with E-state index in [2.05, 4.69) is 0 Å². The van der Waals surface area contributed by atoms with E-state index in [0.717, 1.165) is 0 Å². The van der Waals surface area contributed by atoms with Gasteiger partial charge in [-0.2, -0.15) is 8.42 Å². The first-order chi connectivity index (χ1) is 3.25. The molecule has 9 heteroatoms. The van der Waals surface area contributed by atoms with Crippen molar-refractivity contribution in [2.45, 2.75) is 0 Å². The first-order valence-electron chi connectivity index (χ1n) is 1.28. The Hall–Kier alpha value is 0.554. The molecule has 0 heterocycles. The molecule has 0 spiro atoms. The van der Waals surface area contributed by atoms with Gasteiger partial charge in [0.05, 0.1) is 0 Å². The number of hydrogen-bond donors (Lipinski definition) is 3. The summed E-state index contributed by atoms with van der Waals surface area (Å²) < 4.78 is 36.0. The van der Waals surface area contributed by atoms with Gasteiger partial charge in [-0.15, -0.1) is 0 Å². The molecule has 6 nitrogen and oxygen atoms in total. The zero-order valence-corrected chi connectivity index (χ0v) is 6.44. The van der Waals surface area contributed by atoms with Crippen LogP contribution in [-0.2, 0) is 30.8 Å². The second kappa shape index (κ2) is 3.10. The smallest absolute Gasteiger partial charge is 0.312 e. The summed E-state index contributed by atoms with van der Waals surface area (Å²) in [6.45, 7) is -5.32. The summed E-state index contributed by atoms with van der Waals surface area (Å²) in [5.74, 6) is 0. The fraction of sp³-hybridized carbons (Fsp3) is 0. The van der Waals surface area contributed by atoms with E-state index in [4.69, 9.17) is 14.3 Å². The third-order valence-electron chi connectivity index (χ3n) is 0.301. The summed E-state index contributed by atoms with van der Waals surface area (Å²) >= 11 is 0. The summed E-state index contributed by atoms with van der Waals surface area (Å²) in [6, 6.07) is 0. The predicted molar refractivity (Wildman–Crippen MR) is 23.6 cm³/mol. The summed E-state index contributed by atoms with van der Waals surface area (Å²) in [5, 5.41) is 0. The van der Waals surface area contributed by atoms with Gasteiger partial charge in [0.2, 0.25) is 0 Å². The van der Waals surface area contributed by atoms with E-state index in [1.807, 2.05) is 0 Å². The van der Waals surface area contributed by atoms with Crippen LogP contribution in [0.4, 0.5) is 0 Å². The van der Waals surface area contributed by atoms with Gasteiger partial charge < -0.3 is 9.79 Å². The van der Waals surface area contributed by atoms with E-state index in [1.165, 1.54) is 0 Å². The van der Waals surface area contributed by atoms with Crippen LogP contribution in [0.25, 0.3) is 0 Å². The molecular weight excluding hydrogens is 218 g/mol. The van der Waals surface area contributed by atoms with Gasteiger partial charge in [0.15, 0.2) is 0 Å². The Morgan fingerprint density at radius 1 is 1.22 bits per heavy atom. The van der Waals surface area contributed by atoms with E-state index in [9.17, 15) is 13.0 Å². The fourth-order valence-corrected chi connectivity index (χ4v) is 0. The van der Waals surface area contributed by atoms with Gasteiger partial charge in [0.1, 0.15) is 0 Å². The van der Waals surface area contributed by atoms with Gasteiger partial charge in [0, 0.05) is 16.5 Å². The molecule has 0 fully saturated rings. The molecule has 0 bridgehead atoms. The Morgan fingerprint density at radius 3 is 1.33 bits per heavy atom. The zero-order valence-electron chi connectivity index (χ0n) is 3.74. The van der Waals surface area contributed by atoms with Crippen molar-refractivity contribution in [2.24, 2.45) is 0 Å². The van der Waals surface area contributed by atoms with Crippen LogP contribution in [-0.4, -0.2) is 22.8 Å². The Morgan fingerprint density at radius 2 is 1.33 bits per heavy atom. The SMILES string of the molecule is O=P(O)(O)S(=O)(=O)O.[Ni]. The Balaban J connectivity index is 0. The topological polar surface area (TPSA) is 112 Å². The molecule has 0 unspecified atom stereocenters. The molecule has 60 valence electrons. The Bertz CT molecular complexity index is 207. The fourth-order valence-electron chi connectivity index (χ4n) is 0. The summed E-state index contributed by atoms with van der Waals surface area (Å²) in [4.78, 5) is 15.3. The van der Waals surface area contributed by atoms with E-state index >= 15 is 0 Å². The van der Waals surface area contributed by atoms with Gasteiger partial charge in [-0.3, -0.25) is 4.55 Å². The van der Waals surface area contributed by atoms with Gasteiger partial charge >= 0.3 is 16.5 Å². The van der Waals surface area contributed by atoms with Crippen molar-refractivity contribution < 1.29 is 43.8 Å². The minimum atomic E-state index is -5.32. The van der Waals surface area contributed by atoms with E-state index in [0.29, 0.717) is 0 Å². The molecular formula is H3NiO6PS. The molecule has 0 aromatic carbocycles. The van der Waals surface area contributed by atoms with Gasteiger partial charge in [-0.25, -0.2) is 4.57 Å². The molecule has 0 aliphatic carbocycles. The first kappa shape index (κ1) is 12.3. The average Bonchev–Trinajstić information content (AvgIpc) is 1.25. The minimum absolute atomic E-state index is 0. The molecule has 0 aromatic rings. The molecule has 0 atom stereocenters. The normalized spacial score (nSPS) is 12.3. The van der Waals surface area contributed by atoms with Crippen molar-refractivity contribution >= 4 is 16.5 Å². The maximum absolute atomic E-state index is 9.51. The molecule has 0 radical (unpaired) electrons. The van der Waals surface area contributed by atoms with Crippen LogP contribution in [0.1, 0.15) is 0 Å². The van der Waals surface area contributed by atoms with Crippen molar-refractivity contribution in [2.75, 3.05) is 0 Å². The number of hydrogen-bond acceptors (Lipinski definition) is 3. The van der Waals surface area contributed by atoms with Crippen molar-refractivity contribution in [1.82, 2.24) is 0 Å². The predicted octanol–water partition coefficient (Wildman–Crippen LogP) is -1.04. The molecule has 0 saturated carbocycles. The van der Waals surface area contributed by atoms with Gasteiger partial charge in [-0.1, -0.05) is 0 Å². The molecule has 0 amide bonds. The molecule has 9 heavy (non-hydrogen) atoms. The van der Waals surface area contributed by atoms with E-state index < -0.39 is 16.5 Å². The third kappa shape index (κ3) is 4.03. The first-order valence-corrected chi connectivity index (χ1v) is 4.94. The molecule has 3 N–H and O–H groups in total. The molecule has 0 aliphatic rings. The minimum Gasteiger partial charge on any atom is -0.312 e. The van der Waals surface area contributed by atoms with E-state index in [1.54, 1.807) is 0 Å². The zero-order chi connectivity index (χ0) is 7.00. The van der Waals surface area contributed by atoms with Gasteiger partial charge in [0.25, 0.3) is 0 Å². The maximum Gasteiger partial charge on any atom is 0.466 e. The second-order valence-corrected chi connectivity index (χ2v) is 5.63. The quantitative estimate of drug-likeness (QED) is 0.296. The largest absolute Gasteiger partial charge is 0.466 e. The summed E-state index contributed by atoms with van der Waals surface area (Å²) in [7, 11) is -5.17. The van der Waals surface area contributed by atoms with Crippen LogP contribution in [0.15, 0.2) is 0 Å². The Labute approximate surface area is 60.8 Å². The molecule has 0 rings (SSSR count). The standard InChI is InChI=1S/Ni.H3O6PS/c;1-7(2,3)8(4,5)6/h;(H2,1,2,3)(H,4,5,6). The molecule has 0 aromatic heterocycles. The van der Waals surface area contributed by atoms with Crippen molar-refractivity contribution in [1.29, 1.82) is 0 Å². The third-order valence-corrected chi connectivity index (χ3v) is 2.70. The summed E-state index contributed by atoms with van der Waals surface area (Å²) in [5.41, 5.74) is 0. The second-order valence-electron chi connectivity index (χ2n) is 0.938. The van der Waals surface area contributed by atoms with E-state index in [-0.39, 0.29) is 16.5 Å². The average molecular weight is 221 g/mol.